The number of rotatable bonds is 4. The number of hydrogen-bond donors (Lipinski definition) is 1. The van der Waals surface area contributed by atoms with Gasteiger partial charge in [0.1, 0.15) is 11.4 Å². The molecule has 0 amide bonds. The predicted octanol–water partition coefficient (Wildman–Crippen LogP) is 4.16. The van der Waals surface area contributed by atoms with Crippen LogP contribution in [-0.2, 0) is 6.54 Å². The van der Waals surface area contributed by atoms with Crippen molar-refractivity contribution in [2.75, 3.05) is 24.3 Å². The Morgan fingerprint density at radius 1 is 1.19 bits per heavy atom. The first kappa shape index (κ1) is 13.8. The average Bonchev–Trinajstić information content (AvgIpc) is 2.81. The van der Waals surface area contributed by atoms with E-state index in [1.165, 1.54) is 0 Å². The van der Waals surface area contributed by atoms with Crippen LogP contribution in [0.1, 0.15) is 5.56 Å². The number of furan rings is 1. The average molecular weight is 302 g/mol. The topological polar surface area (TPSA) is 41.3 Å². The van der Waals surface area contributed by atoms with E-state index in [4.69, 9.17) is 16.0 Å². The summed E-state index contributed by atoms with van der Waals surface area (Å²) in [4.78, 5) is 6.33. The molecular formula is C16H16ClN3O. The van der Waals surface area contributed by atoms with Crippen LogP contribution in [0, 0.1) is 0 Å². The minimum absolute atomic E-state index is 0.432. The normalized spacial score (nSPS) is 10.8. The lowest BCUT2D eigenvalue weighted by Gasteiger charge is -2.12. The molecule has 2 heterocycles. The third kappa shape index (κ3) is 2.81. The maximum absolute atomic E-state index is 6.17. The quantitative estimate of drug-likeness (QED) is 0.785. The van der Waals surface area contributed by atoms with Gasteiger partial charge in [0.2, 0.25) is 0 Å². The lowest BCUT2D eigenvalue weighted by atomic mass is 10.2. The van der Waals surface area contributed by atoms with Crippen LogP contribution in [0.2, 0.25) is 5.22 Å². The SMILES string of the molecule is CN(C)c1ccc(NCc2c(Cl)oc3ccccc23)cn1. The second kappa shape index (κ2) is 5.66. The van der Waals surface area contributed by atoms with E-state index < -0.39 is 0 Å². The van der Waals surface area contributed by atoms with Gasteiger partial charge < -0.3 is 14.6 Å². The molecule has 0 saturated carbocycles. The molecule has 5 heteroatoms. The maximum Gasteiger partial charge on any atom is 0.199 e. The summed E-state index contributed by atoms with van der Waals surface area (Å²) in [6.45, 7) is 0.596. The fraction of sp³-hybridized carbons (Fsp3) is 0.188. The highest BCUT2D eigenvalue weighted by Crippen LogP contribution is 2.30. The Kier molecular flexibility index (Phi) is 3.71. The Bertz CT molecular complexity index is 750. The van der Waals surface area contributed by atoms with Gasteiger partial charge in [-0.1, -0.05) is 18.2 Å². The van der Waals surface area contributed by atoms with Crippen LogP contribution in [0.5, 0.6) is 0 Å². The number of anilines is 2. The molecule has 0 unspecified atom stereocenters. The largest absolute Gasteiger partial charge is 0.444 e. The van der Waals surface area contributed by atoms with E-state index >= 15 is 0 Å². The number of nitrogens with zero attached hydrogens (tertiary/aromatic N) is 2. The Labute approximate surface area is 128 Å². The van der Waals surface area contributed by atoms with Gasteiger partial charge in [-0.05, 0) is 29.8 Å². The summed E-state index contributed by atoms with van der Waals surface area (Å²) < 4.78 is 5.54. The predicted molar refractivity (Wildman–Crippen MR) is 87.1 cm³/mol. The minimum atomic E-state index is 0.432. The molecule has 1 aromatic carbocycles. The highest BCUT2D eigenvalue weighted by atomic mass is 35.5. The Balaban J connectivity index is 1.78. The number of para-hydroxylation sites is 1. The van der Waals surface area contributed by atoms with E-state index in [9.17, 15) is 0 Å². The molecule has 21 heavy (non-hydrogen) atoms. The lowest BCUT2D eigenvalue weighted by molar-refractivity contribution is 0.613. The fourth-order valence-electron chi connectivity index (χ4n) is 2.18. The molecule has 0 saturated heterocycles. The number of nitrogens with one attached hydrogen (secondary N) is 1. The van der Waals surface area contributed by atoms with Gasteiger partial charge in [-0.3, -0.25) is 0 Å². The number of fused-ring (bicyclic) bond motifs is 1. The van der Waals surface area contributed by atoms with Gasteiger partial charge in [-0.2, -0.15) is 0 Å². The zero-order valence-corrected chi connectivity index (χ0v) is 12.7. The van der Waals surface area contributed by atoms with Crippen molar-refractivity contribution in [1.82, 2.24) is 4.98 Å². The van der Waals surface area contributed by atoms with E-state index in [1.54, 1.807) is 0 Å². The number of halogens is 1. The van der Waals surface area contributed by atoms with Crippen LogP contribution < -0.4 is 10.2 Å². The first-order chi connectivity index (χ1) is 10.1. The van der Waals surface area contributed by atoms with Crippen molar-refractivity contribution in [3.05, 3.63) is 53.4 Å². The Morgan fingerprint density at radius 2 is 2.00 bits per heavy atom. The van der Waals surface area contributed by atoms with Crippen LogP contribution >= 0.6 is 11.6 Å². The fourth-order valence-corrected chi connectivity index (χ4v) is 2.43. The molecule has 0 fully saturated rings. The van der Waals surface area contributed by atoms with Crippen LogP contribution in [0.3, 0.4) is 0 Å². The number of hydrogen-bond acceptors (Lipinski definition) is 4. The molecule has 2 aromatic heterocycles. The first-order valence-electron chi connectivity index (χ1n) is 6.68. The van der Waals surface area contributed by atoms with E-state index in [2.05, 4.69) is 10.3 Å². The van der Waals surface area contributed by atoms with Crippen molar-refractivity contribution in [3.63, 3.8) is 0 Å². The third-order valence-electron chi connectivity index (χ3n) is 3.32. The number of benzene rings is 1. The standard InChI is InChI=1S/C16H16ClN3O/c1-20(2)15-8-7-11(9-19-15)18-10-13-12-5-3-4-6-14(12)21-16(13)17/h3-9,18H,10H2,1-2H3. The summed E-state index contributed by atoms with van der Waals surface area (Å²) in [5.41, 5.74) is 2.71. The van der Waals surface area contributed by atoms with E-state index in [-0.39, 0.29) is 0 Å². The van der Waals surface area contributed by atoms with Crippen molar-refractivity contribution in [2.24, 2.45) is 0 Å². The van der Waals surface area contributed by atoms with Crippen molar-refractivity contribution in [3.8, 4) is 0 Å². The highest BCUT2D eigenvalue weighted by Gasteiger charge is 2.11. The molecule has 1 N–H and O–H groups in total. The van der Waals surface area contributed by atoms with Crippen LogP contribution in [0.15, 0.2) is 47.0 Å². The van der Waals surface area contributed by atoms with Crippen LogP contribution in [0.25, 0.3) is 11.0 Å². The van der Waals surface area contributed by atoms with Gasteiger partial charge in [-0.25, -0.2) is 4.98 Å². The summed E-state index contributed by atoms with van der Waals surface area (Å²) in [5, 5.41) is 4.79. The monoisotopic (exact) mass is 301 g/mol. The zero-order chi connectivity index (χ0) is 14.8. The van der Waals surface area contributed by atoms with Gasteiger partial charge >= 0.3 is 0 Å². The molecular weight excluding hydrogens is 286 g/mol. The van der Waals surface area contributed by atoms with Gasteiger partial charge in [0, 0.05) is 31.6 Å². The van der Waals surface area contributed by atoms with Gasteiger partial charge in [0.05, 0.1) is 11.9 Å². The summed E-state index contributed by atoms with van der Waals surface area (Å²) in [5.74, 6) is 0.923. The van der Waals surface area contributed by atoms with Crippen molar-refractivity contribution in [1.29, 1.82) is 0 Å². The van der Waals surface area contributed by atoms with Gasteiger partial charge in [-0.15, -0.1) is 0 Å². The van der Waals surface area contributed by atoms with Crippen LogP contribution in [-0.4, -0.2) is 19.1 Å². The summed E-state index contributed by atoms with van der Waals surface area (Å²) in [7, 11) is 3.93. The van der Waals surface area contributed by atoms with E-state index in [1.807, 2.05) is 61.6 Å². The second-order valence-corrected chi connectivity index (χ2v) is 5.35. The van der Waals surface area contributed by atoms with Crippen molar-refractivity contribution in [2.45, 2.75) is 6.54 Å². The molecule has 0 aliphatic heterocycles. The Morgan fingerprint density at radius 3 is 2.71 bits per heavy atom. The molecule has 3 aromatic rings. The second-order valence-electron chi connectivity index (χ2n) is 5.00. The molecule has 0 spiro atoms. The minimum Gasteiger partial charge on any atom is -0.444 e. The number of pyridine rings is 1. The third-order valence-corrected chi connectivity index (χ3v) is 3.63. The summed E-state index contributed by atoms with van der Waals surface area (Å²) >= 11 is 6.17. The molecule has 0 aliphatic carbocycles. The molecule has 4 nitrogen and oxygen atoms in total. The van der Waals surface area contributed by atoms with Crippen LogP contribution in [0.4, 0.5) is 11.5 Å². The van der Waals surface area contributed by atoms with Crippen molar-refractivity contribution < 1.29 is 4.42 Å². The number of aromatic nitrogens is 1. The smallest absolute Gasteiger partial charge is 0.199 e. The van der Waals surface area contributed by atoms with Gasteiger partial charge in [0.15, 0.2) is 5.22 Å². The molecule has 0 radical (unpaired) electrons. The molecule has 0 aliphatic rings. The summed E-state index contributed by atoms with van der Waals surface area (Å²) in [6, 6.07) is 11.8. The van der Waals surface area contributed by atoms with E-state index in [0.29, 0.717) is 11.8 Å². The maximum atomic E-state index is 6.17. The molecule has 0 bridgehead atoms. The Hall–Kier alpha value is -2.20. The molecule has 108 valence electrons. The zero-order valence-electron chi connectivity index (χ0n) is 11.9. The molecule has 3 rings (SSSR count). The highest BCUT2D eigenvalue weighted by molar-refractivity contribution is 6.30. The van der Waals surface area contributed by atoms with Crippen molar-refractivity contribution >= 4 is 34.1 Å². The van der Waals surface area contributed by atoms with Gasteiger partial charge in [0.25, 0.3) is 0 Å². The summed E-state index contributed by atoms with van der Waals surface area (Å²) in [6.07, 6.45) is 1.81. The lowest BCUT2D eigenvalue weighted by Crippen LogP contribution is -2.10. The van der Waals surface area contributed by atoms with E-state index in [0.717, 1.165) is 28.0 Å². The molecule has 0 atom stereocenters. The first-order valence-corrected chi connectivity index (χ1v) is 7.06.